The molecular formula is C37H68N2O12. The lowest BCUT2D eigenvalue weighted by Gasteiger charge is -2.49. The first kappa shape index (κ1) is 44.1. The molecule has 0 aromatic carbocycles. The van der Waals surface area contributed by atoms with Crippen molar-refractivity contribution >= 4 is 11.7 Å². The van der Waals surface area contributed by atoms with E-state index in [1.165, 1.54) is 14.0 Å². The Kier molecular flexibility index (Phi) is 14.7. The Hall–Kier alpha value is -1.30. The Labute approximate surface area is 304 Å². The van der Waals surface area contributed by atoms with Gasteiger partial charge < -0.3 is 64.3 Å². The zero-order valence-corrected chi connectivity index (χ0v) is 33.0. The summed E-state index contributed by atoms with van der Waals surface area (Å²) >= 11 is 0. The second kappa shape index (κ2) is 17.0. The topological polar surface area (TPSA) is 201 Å². The predicted molar refractivity (Wildman–Crippen MR) is 189 cm³/mol. The maximum Gasteiger partial charge on any atom is 0.311 e. The average molecular weight is 733 g/mol. The third kappa shape index (κ3) is 9.51. The fraction of sp³-hybridized carbons (Fsp3) is 0.946. The molecule has 3 saturated heterocycles. The van der Waals surface area contributed by atoms with E-state index < -0.39 is 102 Å². The molecule has 18 atom stereocenters. The lowest BCUT2D eigenvalue weighted by molar-refractivity contribution is -0.317. The molecule has 14 nitrogen and oxygen atoms in total. The number of ether oxygens (including phenoxy) is 6. The van der Waals surface area contributed by atoms with Crippen molar-refractivity contribution in [3.63, 3.8) is 0 Å². The quantitative estimate of drug-likeness (QED) is 0.209. The molecule has 3 rings (SSSR count). The summed E-state index contributed by atoms with van der Waals surface area (Å²) in [6, 6.07) is -0.304. The molecule has 0 bridgehead atoms. The predicted octanol–water partition coefficient (Wildman–Crippen LogP) is 2.24. The second-order valence-corrected chi connectivity index (χ2v) is 16.5. The number of likely N-dealkylation sites (N-methyl/N-ethyl adjacent to an activating group) is 1. The highest BCUT2D eigenvalue weighted by Crippen LogP contribution is 2.40. The van der Waals surface area contributed by atoms with Gasteiger partial charge in [0.05, 0.1) is 47.6 Å². The van der Waals surface area contributed by atoms with Crippen molar-refractivity contribution < 1.29 is 58.7 Å². The van der Waals surface area contributed by atoms with Gasteiger partial charge in [-0.1, -0.05) is 27.7 Å². The molecule has 3 aliphatic heterocycles. The fourth-order valence-corrected chi connectivity index (χ4v) is 8.43. The highest BCUT2D eigenvalue weighted by atomic mass is 16.7. The van der Waals surface area contributed by atoms with Crippen LogP contribution in [-0.2, 0) is 33.2 Å². The van der Waals surface area contributed by atoms with Crippen molar-refractivity contribution in [3.05, 3.63) is 0 Å². The van der Waals surface area contributed by atoms with Gasteiger partial charge in [0.2, 0.25) is 0 Å². The summed E-state index contributed by atoms with van der Waals surface area (Å²) in [4.78, 5) is 16.0. The van der Waals surface area contributed by atoms with Gasteiger partial charge in [-0.05, 0) is 80.8 Å². The molecule has 0 spiro atoms. The minimum Gasteiger partial charge on any atom is -0.459 e. The van der Waals surface area contributed by atoms with Crippen LogP contribution in [-0.4, -0.2) is 148 Å². The first-order valence-corrected chi connectivity index (χ1v) is 18.5. The van der Waals surface area contributed by atoms with Crippen LogP contribution in [0.4, 0.5) is 0 Å². The number of carbonyl (C=O) groups excluding carboxylic acids is 1. The first-order chi connectivity index (χ1) is 23.4. The van der Waals surface area contributed by atoms with E-state index in [2.05, 4.69) is 0 Å². The highest BCUT2D eigenvalue weighted by Gasteiger charge is 2.53. The molecule has 298 valence electrons. The maximum atomic E-state index is 14.1. The fourth-order valence-electron chi connectivity index (χ4n) is 8.43. The Balaban J connectivity index is 2.18. The molecule has 3 heterocycles. The van der Waals surface area contributed by atoms with Crippen LogP contribution in [0.5, 0.6) is 0 Å². The molecule has 3 aliphatic rings. The van der Waals surface area contributed by atoms with Gasteiger partial charge >= 0.3 is 5.97 Å². The van der Waals surface area contributed by atoms with Gasteiger partial charge in [-0.2, -0.15) is 0 Å². The Morgan fingerprint density at radius 2 is 1.53 bits per heavy atom. The van der Waals surface area contributed by atoms with Crippen LogP contribution in [0.15, 0.2) is 0 Å². The minimum atomic E-state index is -1.91. The van der Waals surface area contributed by atoms with Crippen LogP contribution < -0.4 is 0 Å². The third-order valence-corrected chi connectivity index (χ3v) is 11.9. The molecule has 14 heteroatoms. The smallest absolute Gasteiger partial charge is 0.311 e. The Bertz CT molecular complexity index is 1170. The van der Waals surface area contributed by atoms with E-state index in [0.29, 0.717) is 6.42 Å². The van der Waals surface area contributed by atoms with Gasteiger partial charge in [-0.3, -0.25) is 4.79 Å². The zero-order valence-electron chi connectivity index (χ0n) is 33.0. The highest BCUT2D eigenvalue weighted by molar-refractivity contribution is 5.86. The number of rotatable bonds is 7. The van der Waals surface area contributed by atoms with Gasteiger partial charge in [-0.15, -0.1) is 0 Å². The number of carbonyl (C=O) groups is 1. The molecule has 0 saturated carbocycles. The number of hydrogen-bond donors (Lipinski definition) is 6. The van der Waals surface area contributed by atoms with E-state index in [1.807, 2.05) is 25.9 Å². The van der Waals surface area contributed by atoms with Crippen molar-refractivity contribution in [2.24, 2.45) is 23.7 Å². The lowest BCUT2D eigenvalue weighted by atomic mass is 9.73. The summed E-state index contributed by atoms with van der Waals surface area (Å²) in [6.45, 7) is 16.8. The summed E-state index contributed by atoms with van der Waals surface area (Å²) in [7, 11) is 5.21. The van der Waals surface area contributed by atoms with Gasteiger partial charge in [0.25, 0.3) is 0 Å². The maximum absolute atomic E-state index is 14.1. The van der Waals surface area contributed by atoms with Crippen molar-refractivity contribution in [3.8, 4) is 0 Å². The molecule has 0 aliphatic carbocycles. The molecule has 0 amide bonds. The van der Waals surface area contributed by atoms with Crippen LogP contribution in [0.25, 0.3) is 0 Å². The van der Waals surface area contributed by atoms with Gasteiger partial charge in [0, 0.05) is 37.1 Å². The summed E-state index contributed by atoms with van der Waals surface area (Å²) in [5.74, 6) is -4.02. The van der Waals surface area contributed by atoms with E-state index in [4.69, 9.17) is 33.8 Å². The summed E-state index contributed by atoms with van der Waals surface area (Å²) in [5.41, 5.74) is -4.58. The normalized spacial score (nSPS) is 49.7. The van der Waals surface area contributed by atoms with E-state index in [0.717, 1.165) is 0 Å². The van der Waals surface area contributed by atoms with E-state index in [1.54, 1.807) is 55.4 Å². The van der Waals surface area contributed by atoms with Gasteiger partial charge in [-0.25, -0.2) is 0 Å². The molecule has 6 N–H and O–H groups in total. The summed E-state index contributed by atoms with van der Waals surface area (Å²) in [5, 5.41) is 66.9. The van der Waals surface area contributed by atoms with E-state index in [9.17, 15) is 30.3 Å². The van der Waals surface area contributed by atoms with Crippen LogP contribution in [0.2, 0.25) is 0 Å². The van der Waals surface area contributed by atoms with Crippen molar-refractivity contribution in [2.45, 2.75) is 179 Å². The number of cyclic esters (lactones) is 1. The number of nitrogens with one attached hydrogen (secondary N) is 1. The van der Waals surface area contributed by atoms with Gasteiger partial charge in [0.1, 0.15) is 23.9 Å². The molecule has 0 radical (unpaired) electrons. The van der Waals surface area contributed by atoms with Crippen molar-refractivity contribution in [2.75, 3.05) is 21.2 Å². The number of aliphatic hydroxyl groups is 5. The number of nitrogens with zero attached hydrogens (tertiary/aromatic N) is 1. The molecule has 0 aromatic rings. The van der Waals surface area contributed by atoms with Crippen LogP contribution in [0.1, 0.15) is 94.9 Å². The largest absolute Gasteiger partial charge is 0.459 e. The monoisotopic (exact) mass is 732 g/mol. The second-order valence-electron chi connectivity index (χ2n) is 16.5. The van der Waals surface area contributed by atoms with E-state index >= 15 is 0 Å². The molecule has 12 unspecified atom stereocenters. The zero-order chi connectivity index (χ0) is 39.0. The van der Waals surface area contributed by atoms with Crippen LogP contribution in [0.3, 0.4) is 0 Å². The summed E-state index contributed by atoms with van der Waals surface area (Å²) in [6.07, 6.45) is -9.12. The number of methoxy groups -OCH3 is 1. The minimum absolute atomic E-state index is 0.0107. The van der Waals surface area contributed by atoms with Crippen LogP contribution >= 0.6 is 0 Å². The third-order valence-electron chi connectivity index (χ3n) is 11.9. The molecule has 0 aromatic heterocycles. The lowest BCUT2D eigenvalue weighted by Crippen LogP contribution is -2.61. The van der Waals surface area contributed by atoms with Crippen LogP contribution in [0, 0.1) is 29.1 Å². The number of hydrogen-bond acceptors (Lipinski definition) is 14. The average Bonchev–Trinajstić information content (AvgIpc) is 3.05. The summed E-state index contributed by atoms with van der Waals surface area (Å²) < 4.78 is 37.2. The van der Waals surface area contributed by atoms with Crippen molar-refractivity contribution in [1.82, 2.24) is 4.90 Å². The Morgan fingerprint density at radius 1 is 0.922 bits per heavy atom. The number of aliphatic hydroxyl groups excluding tert-OH is 3. The molecular weight excluding hydrogens is 664 g/mol. The SMILES string of the molecule is CCC1OC(=O)[C@@H](C)C(OC2CC(C)(OC)C(O)C(C)O2)C(C)[C@@H](OC2OC(C)CC(N(C)C)C2O)[C@](C)(O)C[C@@H](C)C(=N)C(C)[C@H](O)[C@]1(C)O. The molecule has 51 heavy (non-hydrogen) atoms. The number of esters is 1. The van der Waals surface area contributed by atoms with E-state index in [-0.39, 0.29) is 37.1 Å². The Morgan fingerprint density at radius 3 is 2.08 bits per heavy atom. The molecule has 3 fully saturated rings. The first-order valence-electron chi connectivity index (χ1n) is 18.5. The standard InChI is InChI=1S/C37H68N2O12/c1-14-25-37(10,45)30(41)20(4)27(38)18(2)16-35(8,44)32(51-34-28(40)24(39(11)12)15-19(3)47-34)21(5)29(22(6)33(43)49-25)50-26-17-36(9,46-13)31(42)23(7)48-26/h18-26,28-32,34,38,40-42,44-45H,14-17H2,1-13H3/t18-,19?,20?,21?,22+,23?,24?,25?,26?,28?,29?,30+,31?,32-,34?,35-,36?,37-/m1/s1. The van der Waals surface area contributed by atoms with Gasteiger partial charge in [0.15, 0.2) is 12.6 Å². The van der Waals surface area contributed by atoms with Crippen molar-refractivity contribution in [1.29, 1.82) is 5.41 Å².